The second kappa shape index (κ2) is 12.2. The molecule has 2 N–H and O–H groups in total. The standard InChI is InChI=1S/C27H23F3N4O2S2/c28-21-6-4-20(5-7-21)17-34(18-24-25(29)2-1-3-26(24)30)38(35,36)23-10-8-22(9-11-23)33-27(37)32-16-19-12-14-31-15-13-19/h1-15H,16-18H2,(H2,32,33,37). The second-order valence-corrected chi connectivity index (χ2v) is 10.6. The number of pyridine rings is 1. The monoisotopic (exact) mass is 556 g/mol. The number of thiocarbonyl (C=S) groups is 1. The summed E-state index contributed by atoms with van der Waals surface area (Å²) in [6.07, 6.45) is 3.35. The van der Waals surface area contributed by atoms with Gasteiger partial charge in [-0.1, -0.05) is 18.2 Å². The maximum absolute atomic E-state index is 14.4. The van der Waals surface area contributed by atoms with Crippen molar-refractivity contribution in [2.45, 2.75) is 24.5 Å². The zero-order chi connectivity index (χ0) is 27.1. The highest BCUT2D eigenvalue weighted by molar-refractivity contribution is 7.89. The quantitative estimate of drug-likeness (QED) is 0.270. The van der Waals surface area contributed by atoms with Crippen molar-refractivity contribution in [1.82, 2.24) is 14.6 Å². The first kappa shape index (κ1) is 27.2. The first-order chi connectivity index (χ1) is 18.2. The van der Waals surface area contributed by atoms with Gasteiger partial charge in [0.1, 0.15) is 17.5 Å². The van der Waals surface area contributed by atoms with Crippen LogP contribution in [0.25, 0.3) is 0 Å². The fourth-order valence-electron chi connectivity index (χ4n) is 3.60. The Morgan fingerprint density at radius 3 is 2.08 bits per heavy atom. The molecular weight excluding hydrogens is 533 g/mol. The smallest absolute Gasteiger partial charge is 0.243 e. The molecule has 0 fully saturated rings. The highest BCUT2D eigenvalue weighted by atomic mass is 32.2. The van der Waals surface area contributed by atoms with Crippen LogP contribution in [0.15, 0.2) is 96.2 Å². The lowest BCUT2D eigenvalue weighted by atomic mass is 10.2. The van der Waals surface area contributed by atoms with Gasteiger partial charge in [0.15, 0.2) is 5.11 Å². The molecule has 0 saturated carbocycles. The van der Waals surface area contributed by atoms with Crippen molar-refractivity contribution in [2.75, 3.05) is 5.32 Å². The van der Waals surface area contributed by atoms with E-state index in [0.717, 1.165) is 22.0 Å². The van der Waals surface area contributed by atoms with Crippen molar-refractivity contribution in [3.8, 4) is 0 Å². The van der Waals surface area contributed by atoms with Gasteiger partial charge in [-0.3, -0.25) is 4.98 Å². The number of sulfonamides is 1. The van der Waals surface area contributed by atoms with E-state index in [1.54, 1.807) is 12.4 Å². The van der Waals surface area contributed by atoms with E-state index >= 15 is 0 Å². The number of benzene rings is 3. The molecule has 0 amide bonds. The number of halogens is 3. The fourth-order valence-corrected chi connectivity index (χ4v) is 5.18. The van der Waals surface area contributed by atoms with Gasteiger partial charge in [-0.05, 0) is 84.0 Å². The normalized spacial score (nSPS) is 11.4. The van der Waals surface area contributed by atoms with Crippen molar-refractivity contribution < 1.29 is 21.6 Å². The first-order valence-corrected chi connectivity index (χ1v) is 13.3. The molecule has 0 spiro atoms. The summed E-state index contributed by atoms with van der Waals surface area (Å²) in [5.41, 5.74) is 1.59. The van der Waals surface area contributed by atoms with Crippen molar-refractivity contribution in [2.24, 2.45) is 0 Å². The van der Waals surface area contributed by atoms with Crippen LogP contribution in [-0.4, -0.2) is 22.8 Å². The first-order valence-electron chi connectivity index (χ1n) is 11.4. The summed E-state index contributed by atoms with van der Waals surface area (Å²) >= 11 is 5.30. The Labute approximate surface area is 224 Å². The average Bonchev–Trinajstić information content (AvgIpc) is 2.91. The van der Waals surface area contributed by atoms with Crippen LogP contribution < -0.4 is 10.6 Å². The molecule has 0 saturated heterocycles. The SMILES string of the molecule is O=S(=O)(c1ccc(NC(=S)NCc2ccncc2)cc1)N(Cc1ccc(F)cc1)Cc1c(F)cccc1F. The molecule has 0 aliphatic heterocycles. The predicted molar refractivity (Wildman–Crippen MR) is 143 cm³/mol. The van der Waals surface area contributed by atoms with E-state index in [2.05, 4.69) is 15.6 Å². The topological polar surface area (TPSA) is 74.3 Å². The molecule has 196 valence electrons. The van der Waals surface area contributed by atoms with Gasteiger partial charge >= 0.3 is 0 Å². The van der Waals surface area contributed by atoms with E-state index in [1.807, 2.05) is 12.1 Å². The summed E-state index contributed by atoms with van der Waals surface area (Å²) in [6.45, 7) is -0.299. The van der Waals surface area contributed by atoms with Crippen LogP contribution in [0.2, 0.25) is 0 Å². The third-order valence-corrected chi connectivity index (χ3v) is 7.67. The lowest BCUT2D eigenvalue weighted by molar-refractivity contribution is 0.384. The van der Waals surface area contributed by atoms with Gasteiger partial charge in [-0.15, -0.1) is 0 Å². The number of rotatable bonds is 9. The zero-order valence-electron chi connectivity index (χ0n) is 19.9. The second-order valence-electron chi connectivity index (χ2n) is 8.29. The summed E-state index contributed by atoms with van der Waals surface area (Å²) in [4.78, 5) is 3.87. The summed E-state index contributed by atoms with van der Waals surface area (Å²) in [7, 11) is -4.21. The van der Waals surface area contributed by atoms with Crippen molar-refractivity contribution in [1.29, 1.82) is 0 Å². The minimum Gasteiger partial charge on any atom is -0.358 e. The van der Waals surface area contributed by atoms with Crippen LogP contribution in [0.5, 0.6) is 0 Å². The Bertz CT molecular complexity index is 1480. The van der Waals surface area contributed by atoms with Crippen LogP contribution in [-0.2, 0) is 29.7 Å². The van der Waals surface area contributed by atoms with Crippen molar-refractivity contribution in [3.05, 3.63) is 125 Å². The lowest BCUT2D eigenvalue weighted by Gasteiger charge is -2.23. The highest BCUT2D eigenvalue weighted by Crippen LogP contribution is 2.25. The molecule has 11 heteroatoms. The van der Waals surface area contributed by atoms with E-state index in [-0.39, 0.29) is 17.0 Å². The Kier molecular flexibility index (Phi) is 8.72. The molecule has 0 bridgehead atoms. The Balaban J connectivity index is 1.53. The van der Waals surface area contributed by atoms with Gasteiger partial charge in [0.2, 0.25) is 10.0 Å². The van der Waals surface area contributed by atoms with Gasteiger partial charge in [-0.25, -0.2) is 21.6 Å². The average molecular weight is 557 g/mol. The number of nitrogens with zero attached hydrogens (tertiary/aromatic N) is 2. The van der Waals surface area contributed by atoms with E-state index in [4.69, 9.17) is 12.2 Å². The van der Waals surface area contributed by atoms with Gasteiger partial charge < -0.3 is 10.6 Å². The molecule has 0 atom stereocenters. The molecule has 6 nitrogen and oxygen atoms in total. The molecule has 4 aromatic rings. The number of nitrogens with one attached hydrogen (secondary N) is 2. The van der Waals surface area contributed by atoms with Gasteiger partial charge in [0.05, 0.1) is 4.90 Å². The minimum absolute atomic E-state index is 0.0856. The Morgan fingerprint density at radius 1 is 0.816 bits per heavy atom. The lowest BCUT2D eigenvalue weighted by Crippen LogP contribution is -2.31. The van der Waals surface area contributed by atoms with E-state index in [9.17, 15) is 21.6 Å². The highest BCUT2D eigenvalue weighted by Gasteiger charge is 2.27. The molecule has 1 aromatic heterocycles. The van der Waals surface area contributed by atoms with E-state index in [0.29, 0.717) is 22.9 Å². The molecular formula is C27H23F3N4O2S2. The molecule has 0 aliphatic carbocycles. The molecule has 4 rings (SSSR count). The van der Waals surface area contributed by atoms with Crippen molar-refractivity contribution in [3.63, 3.8) is 0 Å². The molecule has 0 unspecified atom stereocenters. The maximum Gasteiger partial charge on any atom is 0.243 e. The number of aromatic nitrogens is 1. The van der Waals surface area contributed by atoms with Crippen LogP contribution >= 0.6 is 12.2 Å². The maximum atomic E-state index is 14.4. The van der Waals surface area contributed by atoms with Gasteiger partial charge in [-0.2, -0.15) is 4.31 Å². The number of hydrogen-bond donors (Lipinski definition) is 2. The van der Waals surface area contributed by atoms with Crippen LogP contribution in [0.3, 0.4) is 0 Å². The predicted octanol–water partition coefficient (Wildman–Crippen LogP) is 5.38. The minimum atomic E-state index is -4.21. The van der Waals surface area contributed by atoms with Gasteiger partial charge in [0.25, 0.3) is 0 Å². The van der Waals surface area contributed by atoms with E-state index in [1.165, 1.54) is 54.6 Å². The van der Waals surface area contributed by atoms with Crippen LogP contribution in [0.4, 0.5) is 18.9 Å². The number of hydrogen-bond acceptors (Lipinski definition) is 4. The summed E-state index contributed by atoms with van der Waals surface area (Å²) in [5, 5.41) is 6.37. The largest absolute Gasteiger partial charge is 0.358 e. The molecule has 1 heterocycles. The molecule has 0 radical (unpaired) electrons. The van der Waals surface area contributed by atoms with Gasteiger partial charge in [0, 0.05) is 43.3 Å². The molecule has 0 aliphatic rings. The summed E-state index contributed by atoms with van der Waals surface area (Å²) in [6, 6.07) is 18.1. The Morgan fingerprint density at radius 2 is 1.45 bits per heavy atom. The molecule has 38 heavy (non-hydrogen) atoms. The Hall–Kier alpha value is -3.80. The van der Waals surface area contributed by atoms with Crippen molar-refractivity contribution >= 4 is 33.0 Å². The summed E-state index contributed by atoms with van der Waals surface area (Å²) < 4.78 is 70.3. The number of anilines is 1. The fraction of sp³-hybridized carbons (Fsp3) is 0.111. The van der Waals surface area contributed by atoms with Crippen LogP contribution in [0, 0.1) is 17.5 Å². The zero-order valence-corrected chi connectivity index (χ0v) is 21.6. The third-order valence-electron chi connectivity index (χ3n) is 5.62. The van der Waals surface area contributed by atoms with Crippen LogP contribution in [0.1, 0.15) is 16.7 Å². The van der Waals surface area contributed by atoms with E-state index < -0.39 is 34.0 Å². The molecule has 3 aromatic carbocycles. The third kappa shape index (κ3) is 6.94. The summed E-state index contributed by atoms with van der Waals surface area (Å²) in [5.74, 6) is -2.21.